The molecular formula is C15H23N3O3. The summed E-state index contributed by atoms with van der Waals surface area (Å²) in [5.41, 5.74) is -0.930. The Morgan fingerprint density at radius 3 is 2.38 bits per heavy atom. The number of pyridine rings is 1. The van der Waals surface area contributed by atoms with Crippen molar-refractivity contribution in [1.82, 2.24) is 15.6 Å². The van der Waals surface area contributed by atoms with Crippen molar-refractivity contribution < 1.29 is 14.3 Å². The Kier molecular flexibility index (Phi) is 5.29. The maximum atomic E-state index is 12.1. The molecule has 21 heavy (non-hydrogen) atoms. The van der Waals surface area contributed by atoms with Crippen LogP contribution in [0.15, 0.2) is 24.4 Å². The van der Waals surface area contributed by atoms with E-state index in [0.29, 0.717) is 6.54 Å². The molecule has 0 aliphatic heterocycles. The first kappa shape index (κ1) is 16.9. The van der Waals surface area contributed by atoms with Gasteiger partial charge >= 0.3 is 6.09 Å². The minimum Gasteiger partial charge on any atom is -0.444 e. The molecular weight excluding hydrogens is 270 g/mol. The molecule has 0 unspecified atom stereocenters. The second kappa shape index (κ2) is 6.56. The average molecular weight is 293 g/mol. The number of rotatable bonds is 4. The van der Waals surface area contributed by atoms with Gasteiger partial charge in [0.2, 0.25) is 5.91 Å². The molecule has 0 radical (unpaired) electrons. The van der Waals surface area contributed by atoms with Crippen LogP contribution in [0.4, 0.5) is 4.79 Å². The molecule has 0 aliphatic rings. The molecule has 2 amide bonds. The van der Waals surface area contributed by atoms with E-state index in [2.05, 4.69) is 15.6 Å². The summed E-state index contributed by atoms with van der Waals surface area (Å²) in [6, 6.07) is 5.46. The number of hydrogen-bond donors (Lipinski definition) is 2. The number of nitrogens with zero attached hydrogens (tertiary/aromatic N) is 1. The summed E-state index contributed by atoms with van der Waals surface area (Å²) >= 11 is 0. The molecule has 0 saturated carbocycles. The van der Waals surface area contributed by atoms with Crippen LogP contribution in [0.25, 0.3) is 0 Å². The first-order valence-corrected chi connectivity index (χ1v) is 6.79. The predicted octanol–water partition coefficient (Wildman–Crippen LogP) is 2.00. The van der Waals surface area contributed by atoms with Crippen LogP contribution in [0.1, 0.15) is 40.3 Å². The molecule has 116 valence electrons. The highest BCUT2D eigenvalue weighted by atomic mass is 16.6. The van der Waals surface area contributed by atoms with Crippen molar-refractivity contribution in [1.29, 1.82) is 0 Å². The van der Waals surface area contributed by atoms with Crippen LogP contribution in [0.2, 0.25) is 0 Å². The number of carbonyl (C=O) groups excluding carboxylic acids is 2. The lowest BCUT2D eigenvalue weighted by molar-refractivity contribution is -0.126. The fourth-order valence-electron chi connectivity index (χ4n) is 1.51. The van der Waals surface area contributed by atoms with E-state index in [0.717, 1.165) is 5.69 Å². The van der Waals surface area contributed by atoms with E-state index in [1.54, 1.807) is 46.9 Å². The van der Waals surface area contributed by atoms with Gasteiger partial charge in [0.15, 0.2) is 0 Å². The summed E-state index contributed by atoms with van der Waals surface area (Å²) < 4.78 is 5.14. The van der Waals surface area contributed by atoms with Crippen molar-refractivity contribution in [3.8, 4) is 0 Å². The van der Waals surface area contributed by atoms with E-state index in [9.17, 15) is 9.59 Å². The Morgan fingerprint density at radius 1 is 1.19 bits per heavy atom. The number of aromatic nitrogens is 1. The largest absolute Gasteiger partial charge is 0.444 e. The van der Waals surface area contributed by atoms with Gasteiger partial charge in [-0.3, -0.25) is 9.78 Å². The molecule has 0 bridgehead atoms. The molecule has 0 spiro atoms. The van der Waals surface area contributed by atoms with Gasteiger partial charge in [0.05, 0.1) is 12.2 Å². The molecule has 0 aromatic carbocycles. The molecule has 0 saturated heterocycles. The van der Waals surface area contributed by atoms with Crippen molar-refractivity contribution in [2.45, 2.75) is 52.3 Å². The number of nitrogens with one attached hydrogen (secondary N) is 2. The number of alkyl carbamates (subject to hydrolysis) is 1. The standard InChI is InChI=1S/C15H23N3O3/c1-14(2,3)21-13(20)18-15(4,5)12(19)17-10-11-8-6-7-9-16-11/h6-9H,10H2,1-5H3,(H,17,19)(H,18,20). The van der Waals surface area contributed by atoms with Gasteiger partial charge in [-0.05, 0) is 46.8 Å². The van der Waals surface area contributed by atoms with Gasteiger partial charge in [-0.15, -0.1) is 0 Å². The van der Waals surface area contributed by atoms with Crippen molar-refractivity contribution in [3.63, 3.8) is 0 Å². The molecule has 1 rings (SSSR count). The van der Waals surface area contributed by atoms with Crippen LogP contribution >= 0.6 is 0 Å². The first-order valence-electron chi connectivity index (χ1n) is 6.79. The van der Waals surface area contributed by atoms with Crippen molar-refractivity contribution in [2.75, 3.05) is 0 Å². The van der Waals surface area contributed by atoms with Gasteiger partial charge in [0.1, 0.15) is 11.1 Å². The summed E-state index contributed by atoms with van der Waals surface area (Å²) in [5, 5.41) is 5.29. The Hall–Kier alpha value is -2.11. The van der Waals surface area contributed by atoms with E-state index < -0.39 is 17.2 Å². The molecule has 1 aromatic rings. The summed E-state index contributed by atoms with van der Waals surface area (Å²) in [7, 11) is 0. The third-order valence-electron chi connectivity index (χ3n) is 2.54. The Bertz CT molecular complexity index is 493. The molecule has 0 fully saturated rings. The Balaban J connectivity index is 2.53. The highest BCUT2D eigenvalue weighted by Crippen LogP contribution is 2.09. The van der Waals surface area contributed by atoms with Gasteiger partial charge in [0.25, 0.3) is 0 Å². The molecule has 2 N–H and O–H groups in total. The Morgan fingerprint density at radius 2 is 1.86 bits per heavy atom. The van der Waals surface area contributed by atoms with E-state index >= 15 is 0 Å². The van der Waals surface area contributed by atoms with Gasteiger partial charge in [-0.1, -0.05) is 6.07 Å². The lowest BCUT2D eigenvalue weighted by Gasteiger charge is -2.27. The van der Waals surface area contributed by atoms with Crippen LogP contribution < -0.4 is 10.6 Å². The van der Waals surface area contributed by atoms with Crippen LogP contribution in [0.3, 0.4) is 0 Å². The normalized spacial score (nSPS) is 11.7. The van der Waals surface area contributed by atoms with Crippen molar-refractivity contribution in [2.24, 2.45) is 0 Å². The van der Waals surface area contributed by atoms with E-state index in [-0.39, 0.29) is 5.91 Å². The van der Waals surface area contributed by atoms with E-state index in [4.69, 9.17) is 4.74 Å². The zero-order valence-corrected chi connectivity index (χ0v) is 13.2. The van der Waals surface area contributed by atoms with Gasteiger partial charge < -0.3 is 15.4 Å². The molecule has 0 atom stereocenters. The zero-order chi connectivity index (χ0) is 16.1. The monoisotopic (exact) mass is 293 g/mol. The van der Waals surface area contributed by atoms with Crippen LogP contribution in [-0.4, -0.2) is 28.1 Å². The summed E-state index contributed by atoms with van der Waals surface area (Å²) in [5.74, 6) is -0.306. The lowest BCUT2D eigenvalue weighted by atomic mass is 10.1. The predicted molar refractivity (Wildman–Crippen MR) is 79.5 cm³/mol. The quantitative estimate of drug-likeness (QED) is 0.889. The second-order valence-electron chi connectivity index (χ2n) is 6.26. The maximum absolute atomic E-state index is 12.1. The smallest absolute Gasteiger partial charge is 0.408 e. The Labute approximate surface area is 125 Å². The van der Waals surface area contributed by atoms with E-state index in [1.807, 2.05) is 12.1 Å². The zero-order valence-electron chi connectivity index (χ0n) is 13.2. The fraction of sp³-hybridized carbons (Fsp3) is 0.533. The lowest BCUT2D eigenvalue weighted by Crippen LogP contribution is -2.55. The summed E-state index contributed by atoms with van der Waals surface area (Å²) in [6.07, 6.45) is 1.03. The highest BCUT2D eigenvalue weighted by Gasteiger charge is 2.31. The second-order valence-corrected chi connectivity index (χ2v) is 6.26. The minimum atomic E-state index is -1.07. The van der Waals surface area contributed by atoms with E-state index in [1.165, 1.54) is 0 Å². The first-order chi connectivity index (χ1) is 9.60. The van der Waals surface area contributed by atoms with Gasteiger partial charge in [0, 0.05) is 6.20 Å². The molecule has 1 aromatic heterocycles. The molecule has 0 aliphatic carbocycles. The number of carbonyl (C=O) groups is 2. The summed E-state index contributed by atoms with van der Waals surface area (Å²) in [6.45, 7) is 8.83. The van der Waals surface area contributed by atoms with Crippen LogP contribution in [-0.2, 0) is 16.1 Å². The SMILES string of the molecule is CC(C)(C)OC(=O)NC(C)(C)C(=O)NCc1ccccn1. The fourth-order valence-corrected chi connectivity index (χ4v) is 1.51. The average Bonchev–Trinajstić information content (AvgIpc) is 2.34. The van der Waals surface area contributed by atoms with Gasteiger partial charge in [-0.25, -0.2) is 4.79 Å². The third-order valence-corrected chi connectivity index (χ3v) is 2.54. The summed E-state index contributed by atoms with van der Waals surface area (Å²) in [4.78, 5) is 28.0. The number of ether oxygens (including phenoxy) is 1. The molecule has 6 heteroatoms. The maximum Gasteiger partial charge on any atom is 0.408 e. The highest BCUT2D eigenvalue weighted by molar-refractivity contribution is 5.89. The number of hydrogen-bond acceptors (Lipinski definition) is 4. The van der Waals surface area contributed by atoms with Crippen LogP contribution in [0.5, 0.6) is 0 Å². The van der Waals surface area contributed by atoms with Crippen molar-refractivity contribution >= 4 is 12.0 Å². The molecule has 6 nitrogen and oxygen atoms in total. The topological polar surface area (TPSA) is 80.3 Å². The molecule has 1 heterocycles. The van der Waals surface area contributed by atoms with Gasteiger partial charge in [-0.2, -0.15) is 0 Å². The van der Waals surface area contributed by atoms with Crippen LogP contribution in [0, 0.1) is 0 Å². The minimum absolute atomic E-state index is 0.305. The number of amides is 2. The van der Waals surface area contributed by atoms with Crippen molar-refractivity contribution in [3.05, 3.63) is 30.1 Å². The third kappa shape index (κ3) is 6.25.